The average Bonchev–Trinajstić information content (AvgIpc) is 3.18. The molecule has 1 aliphatic carbocycles. The van der Waals surface area contributed by atoms with Crippen LogP contribution in [0.15, 0.2) is 0 Å². The number of carboxylic acids is 1. The number of carbonyl (C=O) groups is 3. The van der Waals surface area contributed by atoms with Gasteiger partial charge in [-0.05, 0) is 25.7 Å². The van der Waals surface area contributed by atoms with Gasteiger partial charge in [0.25, 0.3) is 0 Å². The average molecular weight is 285 g/mol. The zero-order valence-electron chi connectivity index (χ0n) is 12.1. The van der Waals surface area contributed by atoms with Crippen LogP contribution in [0.1, 0.15) is 40.0 Å². The summed E-state index contributed by atoms with van der Waals surface area (Å²) in [5.41, 5.74) is 0. The molecule has 0 bridgehead atoms. The fourth-order valence-electron chi connectivity index (χ4n) is 1.68. The maximum absolute atomic E-state index is 11.7. The van der Waals surface area contributed by atoms with Gasteiger partial charge in [-0.2, -0.15) is 0 Å². The number of carbonyl (C=O) groups excluding carboxylic acids is 2. The smallest absolute Gasteiger partial charge is 0.326 e. The number of rotatable bonds is 7. The second kappa shape index (κ2) is 7.12. The van der Waals surface area contributed by atoms with E-state index >= 15 is 0 Å². The number of urea groups is 1. The normalized spacial score (nSPS) is 18.6. The van der Waals surface area contributed by atoms with Gasteiger partial charge >= 0.3 is 12.0 Å². The van der Waals surface area contributed by atoms with Crippen LogP contribution in [0.3, 0.4) is 0 Å². The summed E-state index contributed by atoms with van der Waals surface area (Å²) in [5.74, 6) is -1.52. The van der Waals surface area contributed by atoms with Crippen molar-refractivity contribution in [2.24, 2.45) is 5.92 Å². The molecule has 1 saturated carbocycles. The Balaban J connectivity index is 2.43. The summed E-state index contributed by atoms with van der Waals surface area (Å²) in [6, 6.07) is -2.07. The van der Waals surface area contributed by atoms with Gasteiger partial charge in [-0.15, -0.1) is 0 Å². The number of aliphatic carboxylic acids is 1. The number of carboxylic acid groups (broad SMARTS) is 1. The number of hydrogen-bond donors (Lipinski definition) is 4. The van der Waals surface area contributed by atoms with E-state index in [-0.39, 0.29) is 17.9 Å². The van der Waals surface area contributed by atoms with Crippen LogP contribution in [-0.4, -0.2) is 41.1 Å². The molecule has 3 atom stereocenters. The van der Waals surface area contributed by atoms with Crippen molar-refractivity contribution in [3.8, 4) is 0 Å². The molecule has 3 amide bonds. The van der Waals surface area contributed by atoms with E-state index in [1.807, 2.05) is 6.92 Å². The molecule has 7 heteroatoms. The van der Waals surface area contributed by atoms with Gasteiger partial charge in [0.15, 0.2) is 0 Å². The van der Waals surface area contributed by atoms with Crippen LogP contribution in [-0.2, 0) is 9.59 Å². The van der Waals surface area contributed by atoms with Gasteiger partial charge in [-0.1, -0.05) is 20.3 Å². The molecule has 0 aromatic rings. The highest BCUT2D eigenvalue weighted by atomic mass is 16.4. The number of nitrogens with one attached hydrogen (secondary N) is 3. The summed E-state index contributed by atoms with van der Waals surface area (Å²) in [6.45, 7) is 5.17. The summed E-state index contributed by atoms with van der Waals surface area (Å²) in [5, 5.41) is 16.7. The molecule has 0 radical (unpaired) electrons. The Labute approximate surface area is 118 Å². The minimum absolute atomic E-state index is 0.186. The monoisotopic (exact) mass is 285 g/mol. The molecule has 0 saturated heterocycles. The molecule has 7 nitrogen and oxygen atoms in total. The lowest BCUT2D eigenvalue weighted by Gasteiger charge is -2.21. The van der Waals surface area contributed by atoms with Crippen LogP contribution < -0.4 is 16.0 Å². The van der Waals surface area contributed by atoms with Crippen LogP contribution in [0.2, 0.25) is 0 Å². The highest BCUT2D eigenvalue weighted by Gasteiger charge is 2.28. The molecule has 20 heavy (non-hydrogen) atoms. The zero-order chi connectivity index (χ0) is 15.3. The van der Waals surface area contributed by atoms with Crippen molar-refractivity contribution in [2.45, 2.75) is 58.2 Å². The van der Waals surface area contributed by atoms with Gasteiger partial charge in [0.1, 0.15) is 12.1 Å². The lowest BCUT2D eigenvalue weighted by Crippen LogP contribution is -2.54. The van der Waals surface area contributed by atoms with Crippen molar-refractivity contribution in [3.05, 3.63) is 0 Å². The SMILES string of the molecule is CC[C@H](C)[C@H](NC(=O)NC(C)C(=O)NC1CC1)C(=O)O. The van der Waals surface area contributed by atoms with Crippen molar-refractivity contribution in [1.29, 1.82) is 0 Å². The van der Waals surface area contributed by atoms with Crippen molar-refractivity contribution in [2.75, 3.05) is 0 Å². The molecule has 1 unspecified atom stereocenters. The van der Waals surface area contributed by atoms with Crippen molar-refractivity contribution in [1.82, 2.24) is 16.0 Å². The predicted octanol–water partition coefficient (Wildman–Crippen LogP) is 0.452. The molecule has 1 rings (SSSR count). The van der Waals surface area contributed by atoms with E-state index in [9.17, 15) is 14.4 Å². The van der Waals surface area contributed by atoms with E-state index in [0.29, 0.717) is 6.42 Å². The first-order chi connectivity index (χ1) is 9.35. The van der Waals surface area contributed by atoms with Crippen molar-refractivity contribution >= 4 is 17.9 Å². The van der Waals surface area contributed by atoms with Crippen LogP contribution in [0, 0.1) is 5.92 Å². The van der Waals surface area contributed by atoms with E-state index in [1.54, 1.807) is 13.8 Å². The fourth-order valence-corrected chi connectivity index (χ4v) is 1.68. The fraction of sp³-hybridized carbons (Fsp3) is 0.769. The number of hydrogen-bond acceptors (Lipinski definition) is 3. The van der Waals surface area contributed by atoms with Gasteiger partial charge < -0.3 is 21.1 Å². The van der Waals surface area contributed by atoms with Crippen LogP contribution in [0.4, 0.5) is 4.79 Å². The van der Waals surface area contributed by atoms with Gasteiger partial charge in [0.2, 0.25) is 5.91 Å². The standard InChI is InChI=1S/C13H23N3O4/c1-4-7(2)10(12(18)19)16-13(20)14-8(3)11(17)15-9-5-6-9/h7-10H,4-6H2,1-3H3,(H,15,17)(H,18,19)(H2,14,16,20)/t7-,8?,10-/m0/s1. The minimum Gasteiger partial charge on any atom is -0.480 e. The van der Waals surface area contributed by atoms with E-state index in [0.717, 1.165) is 12.8 Å². The quantitative estimate of drug-likeness (QED) is 0.544. The summed E-state index contributed by atoms with van der Waals surface area (Å²) in [4.78, 5) is 34.5. The van der Waals surface area contributed by atoms with Gasteiger partial charge in [-0.25, -0.2) is 9.59 Å². The summed E-state index contributed by atoms with van der Waals surface area (Å²) < 4.78 is 0. The summed E-state index contributed by atoms with van der Waals surface area (Å²) >= 11 is 0. The van der Waals surface area contributed by atoms with Crippen LogP contribution >= 0.6 is 0 Å². The molecule has 114 valence electrons. The molecule has 0 aromatic carbocycles. The van der Waals surface area contributed by atoms with Gasteiger partial charge in [0.05, 0.1) is 0 Å². The molecular weight excluding hydrogens is 262 g/mol. The van der Waals surface area contributed by atoms with E-state index in [4.69, 9.17) is 5.11 Å². The third-order valence-electron chi connectivity index (χ3n) is 3.43. The largest absolute Gasteiger partial charge is 0.480 e. The summed E-state index contributed by atoms with van der Waals surface area (Å²) in [6.07, 6.45) is 2.58. The lowest BCUT2D eigenvalue weighted by molar-refractivity contribution is -0.140. The summed E-state index contributed by atoms with van der Waals surface area (Å²) in [7, 11) is 0. The molecular formula is C13H23N3O4. The second-order valence-electron chi connectivity index (χ2n) is 5.32. The van der Waals surface area contributed by atoms with Crippen molar-refractivity contribution < 1.29 is 19.5 Å². The molecule has 0 heterocycles. The third-order valence-corrected chi connectivity index (χ3v) is 3.43. The Morgan fingerprint density at radius 3 is 2.25 bits per heavy atom. The van der Waals surface area contributed by atoms with Crippen LogP contribution in [0.25, 0.3) is 0 Å². The minimum atomic E-state index is -1.08. The molecule has 4 N–H and O–H groups in total. The third kappa shape index (κ3) is 5.07. The van der Waals surface area contributed by atoms with Gasteiger partial charge in [-0.3, -0.25) is 4.79 Å². The molecule has 0 aromatic heterocycles. The Morgan fingerprint density at radius 1 is 1.20 bits per heavy atom. The first-order valence-corrected chi connectivity index (χ1v) is 6.95. The maximum Gasteiger partial charge on any atom is 0.326 e. The second-order valence-corrected chi connectivity index (χ2v) is 5.32. The topological polar surface area (TPSA) is 108 Å². The lowest BCUT2D eigenvalue weighted by atomic mass is 9.99. The van der Waals surface area contributed by atoms with E-state index in [1.165, 1.54) is 0 Å². The Bertz CT molecular complexity index is 382. The maximum atomic E-state index is 11.7. The molecule has 0 aliphatic heterocycles. The molecule has 1 aliphatic rings. The highest BCUT2D eigenvalue weighted by Crippen LogP contribution is 2.18. The first-order valence-electron chi connectivity index (χ1n) is 6.95. The Morgan fingerprint density at radius 2 is 1.80 bits per heavy atom. The van der Waals surface area contributed by atoms with E-state index < -0.39 is 24.1 Å². The first kappa shape index (κ1) is 16.3. The van der Waals surface area contributed by atoms with Crippen molar-refractivity contribution in [3.63, 3.8) is 0 Å². The molecule has 1 fully saturated rings. The van der Waals surface area contributed by atoms with E-state index in [2.05, 4.69) is 16.0 Å². The zero-order valence-corrected chi connectivity index (χ0v) is 12.1. The highest BCUT2D eigenvalue weighted by molar-refractivity contribution is 5.88. The Kier molecular flexibility index (Phi) is 5.79. The van der Waals surface area contributed by atoms with Crippen LogP contribution in [0.5, 0.6) is 0 Å². The predicted molar refractivity (Wildman–Crippen MR) is 73.2 cm³/mol. The van der Waals surface area contributed by atoms with Gasteiger partial charge in [0, 0.05) is 6.04 Å². The number of amides is 3. The Hall–Kier alpha value is -1.79. The molecule has 0 spiro atoms.